The van der Waals surface area contributed by atoms with E-state index < -0.39 is 0 Å². The summed E-state index contributed by atoms with van der Waals surface area (Å²) in [5.74, 6) is 1.88. The number of rotatable bonds is 6. The van der Waals surface area contributed by atoms with Crippen LogP contribution in [0.3, 0.4) is 0 Å². The Morgan fingerprint density at radius 1 is 1.20 bits per heavy atom. The molecule has 0 aliphatic heterocycles. The number of hydrogen-bond acceptors (Lipinski definition) is 4. The van der Waals surface area contributed by atoms with Crippen LogP contribution in [0.4, 0.5) is 0 Å². The fraction of sp³-hybridized carbons (Fsp3) is 0.500. The van der Waals surface area contributed by atoms with Crippen molar-refractivity contribution >= 4 is 0 Å². The van der Waals surface area contributed by atoms with Gasteiger partial charge >= 0.3 is 0 Å². The molecule has 0 spiro atoms. The molecular weight excluding hydrogens is 250 g/mol. The van der Waals surface area contributed by atoms with Gasteiger partial charge in [0, 0.05) is 12.5 Å². The molecule has 2 aliphatic carbocycles. The zero-order valence-corrected chi connectivity index (χ0v) is 11.5. The number of hydrogen-bond donors (Lipinski definition) is 1. The molecule has 104 valence electrons. The highest BCUT2D eigenvalue weighted by Gasteiger charge is 2.31. The Morgan fingerprint density at radius 2 is 2.10 bits per heavy atom. The molecule has 4 nitrogen and oxygen atoms in total. The normalized spacial score (nSPS) is 20.5. The summed E-state index contributed by atoms with van der Waals surface area (Å²) >= 11 is 0. The maximum absolute atomic E-state index is 5.82. The highest BCUT2D eigenvalue weighted by Crippen LogP contribution is 2.39. The second-order valence-corrected chi connectivity index (χ2v) is 5.82. The topological polar surface area (TPSA) is 51.0 Å². The Bertz CT molecular complexity index is 603. The highest BCUT2D eigenvalue weighted by molar-refractivity contribution is 5.43. The lowest BCUT2D eigenvalue weighted by Crippen LogP contribution is -2.18. The van der Waals surface area contributed by atoms with Gasteiger partial charge in [-0.25, -0.2) is 0 Å². The van der Waals surface area contributed by atoms with E-state index in [1.807, 2.05) is 0 Å². The van der Waals surface area contributed by atoms with E-state index in [4.69, 9.17) is 4.42 Å². The van der Waals surface area contributed by atoms with E-state index in [1.165, 1.54) is 24.0 Å². The largest absolute Gasteiger partial charge is 0.425 e. The Kier molecular flexibility index (Phi) is 3.03. The summed E-state index contributed by atoms with van der Waals surface area (Å²) in [6.07, 6.45) is 5.65. The molecule has 0 bridgehead atoms. The number of nitrogens with one attached hydrogen (secondary N) is 1. The van der Waals surface area contributed by atoms with Crippen molar-refractivity contribution < 1.29 is 4.42 Å². The third-order valence-electron chi connectivity index (χ3n) is 4.21. The molecule has 1 fully saturated rings. The molecule has 20 heavy (non-hydrogen) atoms. The first-order chi connectivity index (χ1) is 9.90. The number of nitrogens with zero attached hydrogens (tertiary/aromatic N) is 2. The van der Waals surface area contributed by atoms with Crippen molar-refractivity contribution in [1.29, 1.82) is 0 Å². The predicted molar refractivity (Wildman–Crippen MR) is 75.6 cm³/mol. The molecule has 2 aromatic rings. The minimum Gasteiger partial charge on any atom is -0.425 e. The maximum atomic E-state index is 5.82. The van der Waals surface area contributed by atoms with Gasteiger partial charge in [0.15, 0.2) is 0 Å². The van der Waals surface area contributed by atoms with Crippen LogP contribution < -0.4 is 5.32 Å². The lowest BCUT2D eigenvalue weighted by molar-refractivity contribution is 0.413. The molecule has 1 saturated carbocycles. The van der Waals surface area contributed by atoms with Crippen molar-refractivity contribution in [2.24, 2.45) is 0 Å². The minimum atomic E-state index is 0.317. The summed E-state index contributed by atoms with van der Waals surface area (Å²) in [6, 6.07) is 9.27. The van der Waals surface area contributed by atoms with Gasteiger partial charge < -0.3 is 9.73 Å². The van der Waals surface area contributed by atoms with Gasteiger partial charge in [0.05, 0.1) is 5.92 Å². The monoisotopic (exact) mass is 269 g/mol. The van der Waals surface area contributed by atoms with Gasteiger partial charge in [0.1, 0.15) is 0 Å². The molecule has 1 aromatic carbocycles. The third-order valence-corrected chi connectivity index (χ3v) is 4.21. The van der Waals surface area contributed by atoms with Crippen molar-refractivity contribution in [1.82, 2.24) is 15.5 Å². The molecule has 1 atom stereocenters. The Morgan fingerprint density at radius 3 is 2.95 bits per heavy atom. The van der Waals surface area contributed by atoms with E-state index in [9.17, 15) is 0 Å². The first-order valence-corrected chi connectivity index (χ1v) is 7.53. The molecule has 2 aliphatic rings. The number of aryl methyl sites for hydroxylation is 1. The summed E-state index contributed by atoms with van der Waals surface area (Å²) in [4.78, 5) is 0. The standard InChI is InChI=1S/C16H19N3O/c1-2-5-13-11(4-1)10-14(13)16-19-18-15(20-16)6-3-9-17-12-7-8-12/h1-2,4-5,12,14,17H,3,6-10H2. The molecule has 1 N–H and O–H groups in total. The lowest BCUT2D eigenvalue weighted by atomic mass is 9.77. The summed E-state index contributed by atoms with van der Waals surface area (Å²) in [5, 5.41) is 11.9. The maximum Gasteiger partial charge on any atom is 0.224 e. The van der Waals surface area contributed by atoms with Gasteiger partial charge in [0.25, 0.3) is 0 Å². The zero-order valence-electron chi connectivity index (χ0n) is 11.5. The number of fused-ring (bicyclic) bond motifs is 1. The first kappa shape index (κ1) is 12.1. The van der Waals surface area contributed by atoms with E-state index in [2.05, 4.69) is 39.8 Å². The van der Waals surface area contributed by atoms with Crippen LogP contribution >= 0.6 is 0 Å². The summed E-state index contributed by atoms with van der Waals surface area (Å²) in [7, 11) is 0. The van der Waals surface area contributed by atoms with Crippen molar-refractivity contribution in [2.75, 3.05) is 6.54 Å². The van der Waals surface area contributed by atoms with Crippen LogP contribution in [0.1, 0.15) is 48.1 Å². The van der Waals surface area contributed by atoms with Gasteiger partial charge in [-0.15, -0.1) is 10.2 Å². The molecule has 0 radical (unpaired) electrons. The van der Waals surface area contributed by atoms with Crippen molar-refractivity contribution in [3.63, 3.8) is 0 Å². The smallest absolute Gasteiger partial charge is 0.224 e. The van der Waals surface area contributed by atoms with Gasteiger partial charge in [-0.2, -0.15) is 0 Å². The number of aromatic nitrogens is 2. The minimum absolute atomic E-state index is 0.317. The molecule has 1 unspecified atom stereocenters. The SMILES string of the molecule is c1ccc2c(c1)CC2c1nnc(CCCNC2CC2)o1. The van der Waals surface area contributed by atoms with Crippen LogP contribution in [0.25, 0.3) is 0 Å². The lowest BCUT2D eigenvalue weighted by Gasteiger charge is -2.26. The first-order valence-electron chi connectivity index (χ1n) is 7.53. The van der Waals surface area contributed by atoms with Crippen LogP contribution in [-0.4, -0.2) is 22.8 Å². The molecular formula is C16H19N3O. The molecule has 0 saturated heterocycles. The van der Waals surface area contributed by atoms with E-state index in [-0.39, 0.29) is 0 Å². The summed E-state index contributed by atoms with van der Waals surface area (Å²) < 4.78 is 5.82. The van der Waals surface area contributed by atoms with Gasteiger partial charge in [0.2, 0.25) is 11.8 Å². The molecule has 4 heteroatoms. The number of benzene rings is 1. The quantitative estimate of drug-likeness (QED) is 0.818. The van der Waals surface area contributed by atoms with Gasteiger partial charge in [-0.3, -0.25) is 0 Å². The Labute approximate surface area is 118 Å². The van der Waals surface area contributed by atoms with Crippen LogP contribution in [0.5, 0.6) is 0 Å². The average molecular weight is 269 g/mol. The third kappa shape index (κ3) is 2.36. The van der Waals surface area contributed by atoms with E-state index in [1.54, 1.807) is 0 Å². The highest BCUT2D eigenvalue weighted by atomic mass is 16.4. The second kappa shape index (κ2) is 5.02. The molecule has 4 rings (SSSR count). The fourth-order valence-electron chi connectivity index (χ4n) is 2.82. The van der Waals surface area contributed by atoms with Crippen molar-refractivity contribution in [3.05, 3.63) is 47.2 Å². The zero-order chi connectivity index (χ0) is 13.4. The molecule has 1 aromatic heterocycles. The summed E-state index contributed by atoms with van der Waals surface area (Å²) in [6.45, 7) is 1.05. The van der Waals surface area contributed by atoms with Gasteiger partial charge in [-0.1, -0.05) is 24.3 Å². The van der Waals surface area contributed by atoms with Crippen molar-refractivity contribution in [2.45, 2.75) is 44.1 Å². The average Bonchev–Trinajstić information content (AvgIpc) is 3.15. The van der Waals surface area contributed by atoms with E-state index in [0.29, 0.717) is 5.92 Å². The van der Waals surface area contributed by atoms with Crippen LogP contribution in [0.15, 0.2) is 28.7 Å². The molecule has 0 amide bonds. The van der Waals surface area contributed by atoms with E-state index in [0.717, 1.165) is 43.6 Å². The Hall–Kier alpha value is -1.68. The summed E-state index contributed by atoms with van der Waals surface area (Å²) in [5.41, 5.74) is 2.75. The predicted octanol–water partition coefficient (Wildman–Crippen LogP) is 2.44. The van der Waals surface area contributed by atoms with Gasteiger partial charge in [-0.05, 0) is 43.4 Å². The molecule has 1 heterocycles. The van der Waals surface area contributed by atoms with Crippen molar-refractivity contribution in [3.8, 4) is 0 Å². The second-order valence-electron chi connectivity index (χ2n) is 5.82. The van der Waals surface area contributed by atoms with Crippen LogP contribution in [0, 0.1) is 0 Å². The van der Waals surface area contributed by atoms with Crippen LogP contribution in [0.2, 0.25) is 0 Å². The fourth-order valence-corrected chi connectivity index (χ4v) is 2.82. The van der Waals surface area contributed by atoms with Crippen LogP contribution in [-0.2, 0) is 12.8 Å². The Balaban J connectivity index is 1.34. The van der Waals surface area contributed by atoms with E-state index >= 15 is 0 Å².